The minimum Gasteiger partial charge on any atom is -0.355 e. The smallest absolute Gasteiger partial charge is 0.264 e. The lowest BCUT2D eigenvalue weighted by Gasteiger charge is -2.19. The van der Waals surface area contributed by atoms with Gasteiger partial charge < -0.3 is 10.6 Å². The lowest BCUT2D eigenvalue weighted by molar-refractivity contribution is 0.0963. The summed E-state index contributed by atoms with van der Waals surface area (Å²) in [5.41, 5.74) is 2.41. The highest BCUT2D eigenvalue weighted by molar-refractivity contribution is 7.92. The fourth-order valence-corrected chi connectivity index (χ4v) is 6.38. The van der Waals surface area contributed by atoms with Gasteiger partial charge in [0.2, 0.25) is 0 Å². The lowest BCUT2D eigenvalue weighted by atomic mass is 9.95. The quantitative estimate of drug-likeness (QED) is 0.553. The molecule has 1 heterocycles. The molecule has 0 saturated carbocycles. The van der Waals surface area contributed by atoms with E-state index < -0.39 is 10.0 Å². The molecule has 4 rings (SSSR count). The van der Waals surface area contributed by atoms with Crippen LogP contribution in [0.1, 0.15) is 44.0 Å². The molecule has 3 aromatic rings. The minimum absolute atomic E-state index is 0.0861. The Bertz CT molecular complexity index is 1280. The van der Waals surface area contributed by atoms with Crippen LogP contribution in [0.3, 0.4) is 0 Å². The molecule has 172 valence electrons. The summed E-state index contributed by atoms with van der Waals surface area (Å²) in [6.45, 7) is 0. The molecular formula is C24H25N3O4S2. The van der Waals surface area contributed by atoms with E-state index in [1.54, 1.807) is 31.3 Å². The Morgan fingerprint density at radius 3 is 2.27 bits per heavy atom. The van der Waals surface area contributed by atoms with Crippen molar-refractivity contribution in [3.63, 3.8) is 0 Å². The molecule has 1 aliphatic rings. The van der Waals surface area contributed by atoms with E-state index in [1.165, 1.54) is 47.0 Å². The number of anilines is 2. The first-order valence-electron chi connectivity index (χ1n) is 10.6. The summed E-state index contributed by atoms with van der Waals surface area (Å²) in [7, 11) is -0.700. The van der Waals surface area contributed by atoms with Gasteiger partial charge in [-0.1, -0.05) is 18.2 Å². The molecule has 2 N–H and O–H groups in total. The van der Waals surface area contributed by atoms with Gasteiger partial charge in [-0.2, -0.15) is 0 Å². The second kappa shape index (κ2) is 9.36. The molecule has 9 heteroatoms. The van der Waals surface area contributed by atoms with Gasteiger partial charge in [-0.15, -0.1) is 11.3 Å². The van der Waals surface area contributed by atoms with Crippen LogP contribution in [0, 0.1) is 0 Å². The maximum absolute atomic E-state index is 13.0. The molecule has 2 aromatic carbocycles. The van der Waals surface area contributed by atoms with Gasteiger partial charge >= 0.3 is 0 Å². The summed E-state index contributed by atoms with van der Waals surface area (Å²) in [5.74, 6) is -0.603. The number of hydrogen-bond donors (Lipinski definition) is 2. The summed E-state index contributed by atoms with van der Waals surface area (Å²) in [4.78, 5) is 26.6. The summed E-state index contributed by atoms with van der Waals surface area (Å²) in [6.07, 6.45) is 3.82. The number of rotatable bonds is 6. The SMILES string of the molecule is CNC(=O)c1c(NC(=O)c2ccc(S(=O)(=O)N(C)c3ccccc3)cc2)sc2c1CCCC2. The van der Waals surface area contributed by atoms with Crippen molar-refractivity contribution in [1.29, 1.82) is 0 Å². The van der Waals surface area contributed by atoms with Gasteiger partial charge in [0, 0.05) is 24.5 Å². The van der Waals surface area contributed by atoms with Crippen LogP contribution in [0.15, 0.2) is 59.5 Å². The summed E-state index contributed by atoms with van der Waals surface area (Å²) in [6, 6.07) is 14.6. The molecule has 0 radical (unpaired) electrons. The molecule has 0 fully saturated rings. The number of benzene rings is 2. The predicted octanol–water partition coefficient (Wildman–Crippen LogP) is 4.06. The van der Waals surface area contributed by atoms with E-state index in [0.29, 0.717) is 21.8 Å². The molecule has 0 bridgehead atoms. The summed E-state index contributed by atoms with van der Waals surface area (Å²) in [5, 5.41) is 6.06. The number of aryl methyl sites for hydroxylation is 1. The highest BCUT2D eigenvalue weighted by Crippen LogP contribution is 2.38. The monoisotopic (exact) mass is 483 g/mol. The third kappa shape index (κ3) is 4.51. The van der Waals surface area contributed by atoms with Crippen LogP contribution < -0.4 is 14.9 Å². The molecule has 33 heavy (non-hydrogen) atoms. The Morgan fingerprint density at radius 2 is 1.61 bits per heavy atom. The van der Waals surface area contributed by atoms with E-state index in [2.05, 4.69) is 10.6 Å². The van der Waals surface area contributed by atoms with E-state index in [0.717, 1.165) is 36.1 Å². The largest absolute Gasteiger partial charge is 0.355 e. The third-order valence-electron chi connectivity index (χ3n) is 5.75. The Balaban J connectivity index is 1.56. The average Bonchev–Trinajstić information content (AvgIpc) is 3.21. The number of carbonyl (C=O) groups is 2. The third-order valence-corrected chi connectivity index (χ3v) is 8.75. The minimum atomic E-state index is -3.77. The zero-order chi connectivity index (χ0) is 23.6. The van der Waals surface area contributed by atoms with E-state index >= 15 is 0 Å². The maximum atomic E-state index is 13.0. The zero-order valence-electron chi connectivity index (χ0n) is 18.4. The number of nitrogens with one attached hydrogen (secondary N) is 2. The van der Waals surface area contributed by atoms with Gasteiger partial charge in [0.15, 0.2) is 0 Å². The van der Waals surface area contributed by atoms with E-state index in [4.69, 9.17) is 0 Å². The molecule has 2 amide bonds. The average molecular weight is 484 g/mol. The van der Waals surface area contributed by atoms with E-state index in [9.17, 15) is 18.0 Å². The molecular weight excluding hydrogens is 458 g/mol. The van der Waals surface area contributed by atoms with Gasteiger partial charge in [-0.3, -0.25) is 13.9 Å². The molecule has 1 aliphatic carbocycles. The topological polar surface area (TPSA) is 95.6 Å². The van der Waals surface area contributed by atoms with E-state index in [-0.39, 0.29) is 16.7 Å². The molecule has 0 atom stereocenters. The molecule has 0 spiro atoms. The van der Waals surface area contributed by atoms with Crippen LogP contribution >= 0.6 is 11.3 Å². The standard InChI is InChI=1S/C24H25N3O4S2/c1-25-23(29)21-19-10-6-7-11-20(19)32-24(21)26-22(28)16-12-14-18(15-13-16)33(30,31)27(2)17-8-4-3-5-9-17/h3-5,8-9,12-15H,6-7,10-11H2,1-2H3,(H,25,29)(H,26,28). The van der Waals surface area contributed by atoms with Crippen LogP contribution in [0.2, 0.25) is 0 Å². The van der Waals surface area contributed by atoms with Crippen molar-refractivity contribution in [2.45, 2.75) is 30.6 Å². The Morgan fingerprint density at radius 1 is 0.939 bits per heavy atom. The number of para-hydroxylation sites is 1. The highest BCUT2D eigenvalue weighted by Gasteiger charge is 2.26. The van der Waals surface area contributed by atoms with Crippen LogP contribution in [0.5, 0.6) is 0 Å². The fraction of sp³-hybridized carbons (Fsp3) is 0.250. The van der Waals surface area contributed by atoms with Crippen LogP contribution in [0.4, 0.5) is 10.7 Å². The normalized spacial score (nSPS) is 13.2. The molecule has 0 aliphatic heterocycles. The van der Waals surface area contributed by atoms with Crippen molar-refractivity contribution >= 4 is 43.9 Å². The molecule has 0 unspecified atom stereocenters. The Kier molecular flexibility index (Phi) is 6.53. The van der Waals surface area contributed by atoms with Crippen molar-refractivity contribution in [2.24, 2.45) is 0 Å². The van der Waals surface area contributed by atoms with Crippen LogP contribution in [-0.4, -0.2) is 34.3 Å². The Hall–Kier alpha value is -3.17. The molecule has 7 nitrogen and oxygen atoms in total. The first-order valence-corrected chi connectivity index (χ1v) is 12.9. The van der Waals surface area contributed by atoms with Crippen molar-refractivity contribution in [1.82, 2.24) is 5.32 Å². The van der Waals surface area contributed by atoms with Crippen molar-refractivity contribution in [2.75, 3.05) is 23.7 Å². The van der Waals surface area contributed by atoms with Gasteiger partial charge in [0.05, 0.1) is 16.1 Å². The van der Waals surface area contributed by atoms with Crippen LogP contribution in [-0.2, 0) is 22.9 Å². The summed E-state index contributed by atoms with van der Waals surface area (Å²) >= 11 is 1.44. The number of amides is 2. The number of fused-ring (bicyclic) bond motifs is 1. The number of thiophene rings is 1. The second-order valence-corrected chi connectivity index (χ2v) is 10.9. The van der Waals surface area contributed by atoms with Gasteiger partial charge in [0.1, 0.15) is 5.00 Å². The van der Waals surface area contributed by atoms with Gasteiger partial charge in [-0.05, 0) is 67.6 Å². The Labute approximate surface area is 197 Å². The molecule has 1 aromatic heterocycles. The van der Waals surface area contributed by atoms with Gasteiger partial charge in [-0.25, -0.2) is 8.42 Å². The maximum Gasteiger partial charge on any atom is 0.264 e. The highest BCUT2D eigenvalue weighted by atomic mass is 32.2. The van der Waals surface area contributed by atoms with Crippen molar-refractivity contribution in [3.8, 4) is 0 Å². The second-order valence-electron chi connectivity index (χ2n) is 7.78. The first-order chi connectivity index (χ1) is 15.8. The number of nitrogens with zero attached hydrogens (tertiary/aromatic N) is 1. The number of sulfonamides is 1. The van der Waals surface area contributed by atoms with Gasteiger partial charge in [0.25, 0.3) is 21.8 Å². The summed E-state index contributed by atoms with van der Waals surface area (Å²) < 4.78 is 27.1. The fourth-order valence-electron chi connectivity index (χ4n) is 3.91. The van der Waals surface area contributed by atoms with Crippen LogP contribution in [0.25, 0.3) is 0 Å². The number of hydrogen-bond acceptors (Lipinski definition) is 5. The van der Waals surface area contributed by atoms with Crippen molar-refractivity contribution < 1.29 is 18.0 Å². The predicted molar refractivity (Wildman–Crippen MR) is 131 cm³/mol. The first kappa shape index (κ1) is 23.0. The number of carbonyl (C=O) groups excluding carboxylic acids is 2. The van der Waals surface area contributed by atoms with E-state index in [1.807, 2.05) is 6.07 Å². The lowest BCUT2D eigenvalue weighted by Crippen LogP contribution is -2.26. The zero-order valence-corrected chi connectivity index (χ0v) is 20.1. The molecule has 0 saturated heterocycles. The van der Waals surface area contributed by atoms with Crippen molar-refractivity contribution in [3.05, 3.63) is 76.2 Å².